The van der Waals surface area contributed by atoms with Gasteiger partial charge in [-0.2, -0.15) is 0 Å². The van der Waals surface area contributed by atoms with Crippen molar-refractivity contribution in [2.24, 2.45) is 0 Å². The van der Waals surface area contributed by atoms with E-state index in [0.29, 0.717) is 28.8 Å². The summed E-state index contributed by atoms with van der Waals surface area (Å²) in [4.78, 5) is 28.8. The summed E-state index contributed by atoms with van der Waals surface area (Å²) in [5.74, 6) is -0.774. The molecule has 1 N–H and O–H groups in total. The third kappa shape index (κ3) is 4.39. The highest BCUT2D eigenvalue weighted by atomic mass is 16.3. The average molecular weight is 409 g/mol. The van der Waals surface area contributed by atoms with Gasteiger partial charge in [-0.3, -0.25) is 9.59 Å². The van der Waals surface area contributed by atoms with E-state index in [4.69, 9.17) is 0 Å². The van der Waals surface area contributed by atoms with Gasteiger partial charge in [0.25, 0.3) is 0 Å². The summed E-state index contributed by atoms with van der Waals surface area (Å²) in [6.45, 7) is 0.196. The van der Waals surface area contributed by atoms with Gasteiger partial charge in [0.15, 0.2) is 11.6 Å². The van der Waals surface area contributed by atoms with E-state index in [9.17, 15) is 14.7 Å². The van der Waals surface area contributed by atoms with Gasteiger partial charge in [-0.1, -0.05) is 91.0 Å². The summed E-state index contributed by atoms with van der Waals surface area (Å²) >= 11 is 0. The molecule has 3 aromatic rings. The van der Waals surface area contributed by atoms with Crippen LogP contribution >= 0.6 is 0 Å². The molecule has 1 heterocycles. The monoisotopic (exact) mass is 409 g/mol. The summed E-state index contributed by atoms with van der Waals surface area (Å²) in [7, 11) is 0. The smallest absolute Gasteiger partial charge is 0.191 e. The van der Waals surface area contributed by atoms with Gasteiger partial charge in [0.05, 0.1) is 6.61 Å². The van der Waals surface area contributed by atoms with Crippen molar-refractivity contribution in [1.82, 2.24) is 4.90 Å². The van der Waals surface area contributed by atoms with Gasteiger partial charge >= 0.3 is 0 Å². The molecule has 0 aliphatic carbocycles. The lowest BCUT2D eigenvalue weighted by Gasteiger charge is -2.31. The molecule has 154 valence electrons. The quantitative estimate of drug-likeness (QED) is 0.579. The molecule has 4 rings (SSSR count). The number of rotatable bonds is 7. The molecule has 1 aliphatic rings. The van der Waals surface area contributed by atoms with Crippen LogP contribution in [0, 0.1) is 0 Å². The van der Waals surface area contributed by atoms with Gasteiger partial charge in [0.2, 0.25) is 0 Å². The first-order valence-corrected chi connectivity index (χ1v) is 10.2. The molecule has 1 aliphatic heterocycles. The minimum atomic E-state index is -0.503. The lowest BCUT2D eigenvalue weighted by molar-refractivity contribution is 0.101. The van der Waals surface area contributed by atoms with Crippen LogP contribution in [0.2, 0.25) is 0 Å². The fraction of sp³-hybridized carbons (Fsp3) is 0.111. The zero-order valence-corrected chi connectivity index (χ0v) is 17.0. The number of hydrogen-bond donors (Lipinski definition) is 1. The molecule has 0 unspecified atom stereocenters. The first-order valence-electron chi connectivity index (χ1n) is 10.2. The van der Waals surface area contributed by atoms with E-state index in [1.807, 2.05) is 66.7 Å². The van der Waals surface area contributed by atoms with Crippen LogP contribution in [0.3, 0.4) is 0 Å². The predicted octanol–water partition coefficient (Wildman–Crippen LogP) is 4.61. The van der Waals surface area contributed by atoms with Crippen molar-refractivity contribution < 1.29 is 14.7 Å². The standard InChI is InChI=1S/C27H23NO3/c29-17-16-28-18-23(26(30)21-12-6-2-7-13-21)25(20-10-4-1-5-11-20)24(19-28)27(31)22-14-8-3-9-15-22/h1-15,18-19,25,29H,16-17H2. The van der Waals surface area contributed by atoms with E-state index in [1.165, 1.54) is 0 Å². The van der Waals surface area contributed by atoms with Gasteiger partial charge < -0.3 is 10.0 Å². The summed E-state index contributed by atoms with van der Waals surface area (Å²) in [5, 5.41) is 9.52. The highest BCUT2D eigenvalue weighted by Crippen LogP contribution is 2.38. The lowest BCUT2D eigenvalue weighted by atomic mass is 9.78. The second kappa shape index (κ2) is 9.37. The maximum atomic E-state index is 13.5. The third-order valence-electron chi connectivity index (χ3n) is 5.32. The first kappa shape index (κ1) is 20.5. The molecule has 31 heavy (non-hydrogen) atoms. The second-order valence-corrected chi connectivity index (χ2v) is 7.36. The molecule has 4 heteroatoms. The van der Waals surface area contributed by atoms with Gasteiger partial charge in [-0.25, -0.2) is 0 Å². The number of aliphatic hydroxyl groups excluding tert-OH is 1. The highest BCUT2D eigenvalue weighted by molar-refractivity contribution is 6.15. The number of β-amino-alcohol motifs (C(OH)–C–C–N with tert-alkyl or cyclic N) is 1. The fourth-order valence-electron chi connectivity index (χ4n) is 3.85. The lowest BCUT2D eigenvalue weighted by Crippen LogP contribution is -2.29. The normalized spacial score (nSPS) is 14.0. The van der Waals surface area contributed by atoms with Crippen molar-refractivity contribution in [3.05, 3.63) is 131 Å². The molecule has 0 saturated heterocycles. The third-order valence-corrected chi connectivity index (χ3v) is 5.32. The minimum Gasteiger partial charge on any atom is -0.395 e. The topological polar surface area (TPSA) is 57.6 Å². The Hall–Kier alpha value is -3.76. The number of carbonyl (C=O) groups is 2. The molecular formula is C27H23NO3. The molecule has 0 atom stereocenters. The molecule has 0 amide bonds. The number of ketones is 2. The van der Waals surface area contributed by atoms with Gasteiger partial charge in [0, 0.05) is 47.1 Å². The molecule has 0 bridgehead atoms. The fourth-order valence-corrected chi connectivity index (χ4v) is 3.85. The van der Waals surface area contributed by atoms with E-state index in [2.05, 4.69) is 0 Å². The van der Waals surface area contributed by atoms with E-state index >= 15 is 0 Å². The van der Waals surface area contributed by atoms with Crippen molar-refractivity contribution in [3.8, 4) is 0 Å². The number of nitrogens with zero attached hydrogens (tertiary/aromatic N) is 1. The van der Waals surface area contributed by atoms with Crippen LogP contribution in [0.4, 0.5) is 0 Å². The second-order valence-electron chi connectivity index (χ2n) is 7.36. The maximum absolute atomic E-state index is 13.5. The van der Waals surface area contributed by atoms with E-state index in [0.717, 1.165) is 5.56 Å². The Balaban J connectivity index is 1.85. The van der Waals surface area contributed by atoms with E-state index in [-0.39, 0.29) is 18.2 Å². The Labute approximate surface area is 181 Å². The maximum Gasteiger partial charge on any atom is 0.191 e. The summed E-state index contributed by atoms with van der Waals surface area (Å²) in [5.41, 5.74) is 3.01. The molecule has 0 spiro atoms. The molecule has 0 radical (unpaired) electrons. The zero-order chi connectivity index (χ0) is 21.6. The summed E-state index contributed by atoms with van der Waals surface area (Å²) in [6.07, 6.45) is 3.51. The number of allylic oxidation sites excluding steroid dienone is 2. The zero-order valence-electron chi connectivity index (χ0n) is 17.0. The van der Waals surface area contributed by atoms with Gasteiger partial charge in [-0.05, 0) is 5.56 Å². The summed E-state index contributed by atoms with van der Waals surface area (Å²) in [6, 6.07) is 27.7. The van der Waals surface area contributed by atoms with E-state index < -0.39 is 5.92 Å². The van der Waals surface area contributed by atoms with Crippen LogP contribution in [0.5, 0.6) is 0 Å². The van der Waals surface area contributed by atoms with Crippen molar-refractivity contribution in [3.63, 3.8) is 0 Å². The Morgan fingerprint density at radius 1 is 0.677 bits per heavy atom. The van der Waals surface area contributed by atoms with Crippen LogP contribution < -0.4 is 0 Å². The Bertz CT molecular complexity index is 1050. The van der Waals surface area contributed by atoms with Crippen molar-refractivity contribution in [1.29, 1.82) is 0 Å². The van der Waals surface area contributed by atoms with E-state index in [1.54, 1.807) is 41.6 Å². The molecule has 4 nitrogen and oxygen atoms in total. The first-order chi connectivity index (χ1) is 15.2. The van der Waals surface area contributed by atoms with Crippen LogP contribution in [0.25, 0.3) is 0 Å². The van der Waals surface area contributed by atoms with Crippen LogP contribution in [0.1, 0.15) is 32.2 Å². The van der Waals surface area contributed by atoms with Gasteiger partial charge in [0.1, 0.15) is 0 Å². The predicted molar refractivity (Wildman–Crippen MR) is 121 cm³/mol. The van der Waals surface area contributed by atoms with Crippen LogP contribution in [-0.4, -0.2) is 34.7 Å². The Kier molecular flexibility index (Phi) is 6.20. The van der Waals surface area contributed by atoms with Crippen molar-refractivity contribution >= 4 is 11.6 Å². The Morgan fingerprint density at radius 3 is 1.52 bits per heavy atom. The largest absolute Gasteiger partial charge is 0.395 e. The number of benzene rings is 3. The highest BCUT2D eigenvalue weighted by Gasteiger charge is 2.34. The molecule has 0 fully saturated rings. The average Bonchev–Trinajstić information content (AvgIpc) is 2.84. The van der Waals surface area contributed by atoms with Crippen LogP contribution in [-0.2, 0) is 0 Å². The molecule has 0 aromatic heterocycles. The number of Topliss-reactive ketones (excluding diaryl/α,β-unsaturated/α-hetero) is 2. The molecule has 3 aromatic carbocycles. The van der Waals surface area contributed by atoms with Crippen LogP contribution in [0.15, 0.2) is 115 Å². The van der Waals surface area contributed by atoms with Crippen molar-refractivity contribution in [2.45, 2.75) is 5.92 Å². The molecule has 0 saturated carbocycles. The number of carbonyl (C=O) groups excluding carboxylic acids is 2. The number of hydrogen-bond acceptors (Lipinski definition) is 4. The number of aliphatic hydroxyl groups is 1. The Morgan fingerprint density at radius 2 is 1.10 bits per heavy atom. The summed E-state index contributed by atoms with van der Waals surface area (Å²) < 4.78 is 0. The van der Waals surface area contributed by atoms with Crippen molar-refractivity contribution in [2.75, 3.05) is 13.2 Å². The SMILES string of the molecule is O=C(C1=CN(CCO)C=C(C(=O)c2ccccc2)C1c1ccccc1)c1ccccc1. The minimum absolute atomic E-state index is 0.0946. The molecular weight excluding hydrogens is 386 g/mol. The van der Waals surface area contributed by atoms with Gasteiger partial charge in [-0.15, -0.1) is 0 Å².